The van der Waals surface area contributed by atoms with Crippen LogP contribution in [0.25, 0.3) is 11.4 Å². The van der Waals surface area contributed by atoms with Gasteiger partial charge in [-0.05, 0) is 25.5 Å². The molecule has 1 aromatic heterocycles. The number of rotatable bonds is 6. The lowest BCUT2D eigenvalue weighted by molar-refractivity contribution is -0.120. The van der Waals surface area contributed by atoms with Crippen LogP contribution in [0.5, 0.6) is 5.75 Å². The molecular formula is C17H22N4O4S2. The molecule has 0 aliphatic carbocycles. The third-order valence-electron chi connectivity index (χ3n) is 4.41. The van der Waals surface area contributed by atoms with Crippen molar-refractivity contribution in [1.82, 2.24) is 20.1 Å². The van der Waals surface area contributed by atoms with Gasteiger partial charge < -0.3 is 14.6 Å². The molecule has 1 fully saturated rings. The number of benzene rings is 1. The summed E-state index contributed by atoms with van der Waals surface area (Å²) in [7, 11) is 0.403. The summed E-state index contributed by atoms with van der Waals surface area (Å²) in [6.07, 6.45) is 0.466. The number of hydrogen-bond acceptors (Lipinski definition) is 7. The molecule has 1 aliphatic rings. The zero-order chi connectivity index (χ0) is 19.6. The van der Waals surface area contributed by atoms with Crippen molar-refractivity contribution in [3.05, 3.63) is 24.3 Å². The van der Waals surface area contributed by atoms with Crippen LogP contribution < -0.4 is 10.1 Å². The predicted octanol–water partition coefficient (Wildman–Crippen LogP) is 1.27. The van der Waals surface area contributed by atoms with E-state index in [1.165, 1.54) is 11.8 Å². The number of para-hydroxylation sites is 1. The maximum absolute atomic E-state index is 12.4. The predicted molar refractivity (Wildman–Crippen MR) is 104 cm³/mol. The molecule has 1 amide bonds. The van der Waals surface area contributed by atoms with Crippen LogP contribution in [-0.4, -0.2) is 59.0 Å². The van der Waals surface area contributed by atoms with E-state index in [0.29, 0.717) is 23.2 Å². The van der Waals surface area contributed by atoms with Crippen LogP contribution in [0.15, 0.2) is 29.4 Å². The Morgan fingerprint density at radius 2 is 2.11 bits per heavy atom. The minimum atomic E-state index is -3.03. The number of aromatic nitrogens is 3. The summed E-state index contributed by atoms with van der Waals surface area (Å²) in [6.45, 7) is 1.76. The van der Waals surface area contributed by atoms with Gasteiger partial charge in [0.15, 0.2) is 20.8 Å². The molecule has 146 valence electrons. The molecule has 2 heterocycles. The van der Waals surface area contributed by atoms with Gasteiger partial charge in [0.25, 0.3) is 0 Å². The molecular weight excluding hydrogens is 388 g/mol. The molecule has 2 unspecified atom stereocenters. The lowest BCUT2D eigenvalue weighted by Gasteiger charge is -2.15. The number of methoxy groups -OCH3 is 1. The second kappa shape index (κ2) is 7.89. The van der Waals surface area contributed by atoms with Crippen molar-refractivity contribution >= 4 is 27.5 Å². The standard InChI is InChI=1S/C17H22N4O4S2/c1-11(16(22)18-12-8-9-27(23,24)10-12)26-17-20-19-15(21(17)2)13-6-4-5-7-14(13)25-3/h4-7,11-12H,8-10H2,1-3H3,(H,18,22). The summed E-state index contributed by atoms with van der Waals surface area (Å²) in [5.74, 6) is 1.27. The second-order valence-corrected chi connectivity index (χ2v) is 9.97. The average Bonchev–Trinajstić information content (AvgIpc) is 3.16. The molecule has 2 atom stereocenters. The van der Waals surface area contributed by atoms with Crippen LogP contribution >= 0.6 is 11.8 Å². The number of nitrogens with one attached hydrogen (secondary N) is 1. The summed E-state index contributed by atoms with van der Waals surface area (Å²) >= 11 is 1.28. The Bertz CT molecular complexity index is 942. The summed E-state index contributed by atoms with van der Waals surface area (Å²) < 4.78 is 30.2. The van der Waals surface area contributed by atoms with Crippen LogP contribution in [0.4, 0.5) is 0 Å². The third-order valence-corrected chi connectivity index (χ3v) is 7.31. The Balaban J connectivity index is 1.69. The molecule has 0 saturated carbocycles. The van der Waals surface area contributed by atoms with Crippen molar-refractivity contribution in [2.24, 2.45) is 7.05 Å². The molecule has 27 heavy (non-hydrogen) atoms. The number of thioether (sulfide) groups is 1. The van der Waals surface area contributed by atoms with Gasteiger partial charge in [-0.3, -0.25) is 4.79 Å². The maximum Gasteiger partial charge on any atom is 0.233 e. The third kappa shape index (κ3) is 4.44. The topological polar surface area (TPSA) is 103 Å². The molecule has 3 rings (SSSR count). The molecule has 8 nitrogen and oxygen atoms in total. The lowest BCUT2D eigenvalue weighted by atomic mass is 10.2. The van der Waals surface area contributed by atoms with Crippen molar-refractivity contribution in [2.45, 2.75) is 29.8 Å². The first-order valence-corrected chi connectivity index (χ1v) is 11.2. The number of sulfone groups is 1. The highest BCUT2D eigenvalue weighted by Crippen LogP contribution is 2.31. The van der Waals surface area contributed by atoms with Gasteiger partial charge in [-0.15, -0.1) is 10.2 Å². The molecule has 10 heteroatoms. The normalized spacial score (nSPS) is 19.6. The van der Waals surface area contributed by atoms with Crippen LogP contribution in [0, 0.1) is 0 Å². The number of hydrogen-bond donors (Lipinski definition) is 1. The Kier molecular flexibility index (Phi) is 5.75. The summed E-state index contributed by atoms with van der Waals surface area (Å²) in [4.78, 5) is 12.4. The van der Waals surface area contributed by atoms with E-state index in [9.17, 15) is 13.2 Å². The van der Waals surface area contributed by atoms with Gasteiger partial charge in [-0.25, -0.2) is 8.42 Å². The van der Waals surface area contributed by atoms with Gasteiger partial charge in [-0.2, -0.15) is 0 Å². The van der Waals surface area contributed by atoms with E-state index in [4.69, 9.17) is 4.74 Å². The van der Waals surface area contributed by atoms with E-state index in [0.717, 1.165) is 5.56 Å². The van der Waals surface area contributed by atoms with Crippen molar-refractivity contribution in [1.29, 1.82) is 0 Å². The highest BCUT2D eigenvalue weighted by Gasteiger charge is 2.30. The molecule has 1 N–H and O–H groups in total. The highest BCUT2D eigenvalue weighted by atomic mass is 32.2. The number of carbonyl (C=O) groups excluding carboxylic acids is 1. The first-order chi connectivity index (χ1) is 12.8. The summed E-state index contributed by atoms with van der Waals surface area (Å²) in [5, 5.41) is 11.4. The quantitative estimate of drug-likeness (QED) is 0.716. The maximum atomic E-state index is 12.4. The van der Waals surface area contributed by atoms with Gasteiger partial charge in [0, 0.05) is 13.1 Å². The van der Waals surface area contributed by atoms with Crippen molar-refractivity contribution < 1.29 is 17.9 Å². The van der Waals surface area contributed by atoms with E-state index in [1.807, 2.05) is 35.9 Å². The number of ether oxygens (including phenoxy) is 1. The van der Waals surface area contributed by atoms with Gasteiger partial charge >= 0.3 is 0 Å². The monoisotopic (exact) mass is 410 g/mol. The number of amides is 1. The van der Waals surface area contributed by atoms with Crippen LogP contribution in [0.3, 0.4) is 0 Å². The molecule has 2 aromatic rings. The smallest absolute Gasteiger partial charge is 0.233 e. The van der Waals surface area contributed by atoms with Gasteiger partial charge in [0.05, 0.1) is 29.4 Å². The Morgan fingerprint density at radius 1 is 1.37 bits per heavy atom. The SMILES string of the molecule is COc1ccccc1-c1nnc(SC(C)C(=O)NC2CCS(=O)(=O)C2)n1C. The van der Waals surface area contributed by atoms with Crippen LogP contribution in [0.2, 0.25) is 0 Å². The minimum Gasteiger partial charge on any atom is -0.496 e. The van der Waals surface area contributed by atoms with Gasteiger partial charge in [-0.1, -0.05) is 23.9 Å². The minimum absolute atomic E-state index is 0.0119. The number of nitrogens with zero attached hydrogens (tertiary/aromatic N) is 3. The Labute approximate surface area is 162 Å². The fourth-order valence-electron chi connectivity index (χ4n) is 2.92. The molecule has 0 bridgehead atoms. The zero-order valence-electron chi connectivity index (χ0n) is 15.4. The first-order valence-electron chi connectivity index (χ1n) is 8.51. The molecule has 0 radical (unpaired) electrons. The van der Waals surface area contributed by atoms with Crippen molar-refractivity contribution in [3.63, 3.8) is 0 Å². The second-order valence-electron chi connectivity index (χ2n) is 6.43. The van der Waals surface area contributed by atoms with E-state index >= 15 is 0 Å². The van der Waals surface area contributed by atoms with E-state index in [-0.39, 0.29) is 23.5 Å². The Hall–Kier alpha value is -2.07. The molecule has 1 saturated heterocycles. The lowest BCUT2D eigenvalue weighted by Crippen LogP contribution is -2.40. The highest BCUT2D eigenvalue weighted by molar-refractivity contribution is 8.00. The van der Waals surface area contributed by atoms with E-state index in [1.54, 1.807) is 14.0 Å². The first kappa shape index (κ1) is 19.7. The fourth-order valence-corrected chi connectivity index (χ4v) is 5.42. The number of carbonyl (C=O) groups is 1. The van der Waals surface area contributed by atoms with Gasteiger partial charge in [0.1, 0.15) is 5.75 Å². The van der Waals surface area contributed by atoms with Crippen LogP contribution in [0.1, 0.15) is 13.3 Å². The van der Waals surface area contributed by atoms with Crippen molar-refractivity contribution in [2.75, 3.05) is 18.6 Å². The summed E-state index contributed by atoms with van der Waals surface area (Å²) in [5.41, 5.74) is 0.815. The van der Waals surface area contributed by atoms with Gasteiger partial charge in [0.2, 0.25) is 5.91 Å². The molecule has 0 spiro atoms. The largest absolute Gasteiger partial charge is 0.496 e. The average molecular weight is 411 g/mol. The van der Waals surface area contributed by atoms with E-state index < -0.39 is 15.1 Å². The van der Waals surface area contributed by atoms with Crippen LogP contribution in [-0.2, 0) is 21.7 Å². The van der Waals surface area contributed by atoms with E-state index in [2.05, 4.69) is 15.5 Å². The van der Waals surface area contributed by atoms with Crippen molar-refractivity contribution in [3.8, 4) is 17.1 Å². The summed E-state index contributed by atoms with van der Waals surface area (Å²) in [6, 6.07) is 7.21. The fraction of sp³-hybridized carbons (Fsp3) is 0.471. The zero-order valence-corrected chi connectivity index (χ0v) is 17.0. The molecule has 1 aliphatic heterocycles. The molecule has 1 aromatic carbocycles. The Morgan fingerprint density at radius 3 is 2.78 bits per heavy atom.